The fourth-order valence-electron chi connectivity index (χ4n) is 2.26. The fraction of sp³-hybridized carbons (Fsp3) is 0.462. The van der Waals surface area contributed by atoms with Gasteiger partial charge in [0.2, 0.25) is 5.91 Å². The number of para-hydroxylation sites is 1. The average molecular weight is 312 g/mol. The van der Waals surface area contributed by atoms with Gasteiger partial charge in [-0.3, -0.25) is 4.79 Å². The zero-order valence-corrected chi connectivity index (χ0v) is 12.0. The maximum Gasteiger partial charge on any atom is 0.242 e. The van der Waals surface area contributed by atoms with E-state index in [9.17, 15) is 4.79 Å². The molecule has 0 saturated carbocycles. The van der Waals surface area contributed by atoms with E-state index in [-0.39, 0.29) is 11.9 Å². The molecule has 2 rings (SSSR count). The van der Waals surface area contributed by atoms with Crippen LogP contribution in [0.3, 0.4) is 0 Å². The molecule has 1 heterocycles. The van der Waals surface area contributed by atoms with Gasteiger partial charge in [-0.1, -0.05) is 12.1 Å². The summed E-state index contributed by atoms with van der Waals surface area (Å²) >= 11 is 3.56. The van der Waals surface area contributed by atoms with E-state index in [1.54, 1.807) is 0 Å². The van der Waals surface area contributed by atoms with Crippen LogP contribution in [0, 0.1) is 0 Å². The topological polar surface area (TPSA) is 44.4 Å². The molecule has 1 aromatic rings. The highest BCUT2D eigenvalue weighted by atomic mass is 79.9. The van der Waals surface area contributed by atoms with Crippen LogP contribution in [-0.4, -0.2) is 38.6 Å². The molecule has 5 heteroatoms. The van der Waals surface area contributed by atoms with E-state index in [4.69, 9.17) is 0 Å². The van der Waals surface area contributed by atoms with Gasteiger partial charge in [-0.2, -0.15) is 0 Å². The number of hydrogen-bond acceptors (Lipinski definition) is 3. The first-order valence-electron chi connectivity index (χ1n) is 6.17. The molecular weight excluding hydrogens is 294 g/mol. The largest absolute Gasteiger partial charge is 0.357 e. The maximum absolute atomic E-state index is 12.0. The molecule has 4 nitrogen and oxygen atoms in total. The summed E-state index contributed by atoms with van der Waals surface area (Å²) in [6.45, 7) is 2.39. The second-order valence-corrected chi connectivity index (χ2v) is 5.20. The second-order valence-electron chi connectivity index (χ2n) is 4.34. The van der Waals surface area contributed by atoms with Gasteiger partial charge in [0.25, 0.3) is 0 Å². The number of benzene rings is 1. The third-order valence-electron chi connectivity index (χ3n) is 3.16. The highest BCUT2D eigenvalue weighted by Gasteiger charge is 2.29. The third-order valence-corrected chi connectivity index (χ3v) is 3.83. The van der Waals surface area contributed by atoms with E-state index < -0.39 is 0 Å². The monoisotopic (exact) mass is 311 g/mol. The molecule has 1 saturated heterocycles. The van der Waals surface area contributed by atoms with Crippen molar-refractivity contribution in [2.24, 2.45) is 0 Å². The maximum atomic E-state index is 12.0. The lowest BCUT2D eigenvalue weighted by atomic mass is 10.1. The highest BCUT2D eigenvalue weighted by Crippen LogP contribution is 2.28. The van der Waals surface area contributed by atoms with Gasteiger partial charge in [0.05, 0.1) is 5.69 Å². The Kier molecular flexibility index (Phi) is 4.60. The van der Waals surface area contributed by atoms with Gasteiger partial charge in [0.15, 0.2) is 0 Å². The van der Waals surface area contributed by atoms with E-state index in [1.165, 1.54) is 0 Å². The molecule has 98 valence electrons. The molecule has 18 heavy (non-hydrogen) atoms. The van der Waals surface area contributed by atoms with Crippen molar-refractivity contribution in [2.75, 3.05) is 31.6 Å². The van der Waals surface area contributed by atoms with Gasteiger partial charge in [-0.05, 0) is 48.1 Å². The first-order valence-corrected chi connectivity index (χ1v) is 6.97. The third kappa shape index (κ3) is 2.84. The Labute approximate surface area is 116 Å². The molecular formula is C13H18BrN3O. The van der Waals surface area contributed by atoms with Crippen LogP contribution in [0.1, 0.15) is 6.42 Å². The highest BCUT2D eigenvalue weighted by molar-refractivity contribution is 9.10. The van der Waals surface area contributed by atoms with Crippen LogP contribution in [0.4, 0.5) is 5.69 Å². The number of anilines is 1. The summed E-state index contributed by atoms with van der Waals surface area (Å²) in [6, 6.07) is 7.96. The number of hydrogen-bond donors (Lipinski definition) is 2. The molecule has 1 aliphatic rings. The predicted molar refractivity (Wildman–Crippen MR) is 76.8 cm³/mol. The van der Waals surface area contributed by atoms with Crippen LogP contribution in [-0.2, 0) is 4.79 Å². The van der Waals surface area contributed by atoms with E-state index in [0.717, 1.165) is 29.7 Å². The Morgan fingerprint density at radius 2 is 2.28 bits per heavy atom. The van der Waals surface area contributed by atoms with E-state index in [1.807, 2.05) is 25.2 Å². The van der Waals surface area contributed by atoms with Gasteiger partial charge in [0, 0.05) is 17.6 Å². The minimum absolute atomic E-state index is 0.0927. The number of carbonyl (C=O) groups excluding carboxylic acids is 1. The molecule has 0 spiro atoms. The zero-order valence-electron chi connectivity index (χ0n) is 10.4. The SMILES string of the molecule is CNCCC1C(=O)NCCN1c1ccccc1Br. The molecule has 0 aromatic heterocycles. The lowest BCUT2D eigenvalue weighted by molar-refractivity contribution is -0.123. The molecule has 1 aliphatic heterocycles. The van der Waals surface area contributed by atoms with Crippen molar-refractivity contribution in [1.29, 1.82) is 0 Å². The second kappa shape index (κ2) is 6.20. The lowest BCUT2D eigenvalue weighted by Gasteiger charge is -2.37. The summed E-state index contributed by atoms with van der Waals surface area (Å²) in [5, 5.41) is 6.04. The smallest absolute Gasteiger partial charge is 0.242 e. The Hall–Kier alpha value is -1.07. The Morgan fingerprint density at radius 3 is 3.00 bits per heavy atom. The molecule has 0 bridgehead atoms. The van der Waals surface area contributed by atoms with Gasteiger partial charge in [0.1, 0.15) is 6.04 Å². The first-order chi connectivity index (χ1) is 8.74. The van der Waals surface area contributed by atoms with Crippen LogP contribution in [0.15, 0.2) is 28.7 Å². The van der Waals surface area contributed by atoms with Crippen molar-refractivity contribution in [3.63, 3.8) is 0 Å². The van der Waals surface area contributed by atoms with Crippen LogP contribution in [0.25, 0.3) is 0 Å². The molecule has 1 fully saturated rings. The number of halogens is 1. The first kappa shape index (κ1) is 13.4. The van der Waals surface area contributed by atoms with Crippen molar-refractivity contribution in [2.45, 2.75) is 12.5 Å². The van der Waals surface area contributed by atoms with Crippen LogP contribution < -0.4 is 15.5 Å². The van der Waals surface area contributed by atoms with Crippen molar-refractivity contribution in [3.05, 3.63) is 28.7 Å². The summed E-state index contributed by atoms with van der Waals surface area (Å²) < 4.78 is 1.04. The van der Waals surface area contributed by atoms with Gasteiger partial charge in [-0.15, -0.1) is 0 Å². The van der Waals surface area contributed by atoms with Crippen LogP contribution in [0.5, 0.6) is 0 Å². The number of rotatable bonds is 4. The number of nitrogens with one attached hydrogen (secondary N) is 2. The van der Waals surface area contributed by atoms with Crippen molar-refractivity contribution < 1.29 is 4.79 Å². The summed E-state index contributed by atoms with van der Waals surface area (Å²) in [5.74, 6) is 0.118. The van der Waals surface area contributed by atoms with Gasteiger partial charge >= 0.3 is 0 Å². The molecule has 1 amide bonds. The van der Waals surface area contributed by atoms with Crippen LogP contribution in [0.2, 0.25) is 0 Å². The summed E-state index contributed by atoms with van der Waals surface area (Å²) in [5.41, 5.74) is 1.09. The minimum Gasteiger partial charge on any atom is -0.357 e. The molecule has 2 N–H and O–H groups in total. The summed E-state index contributed by atoms with van der Waals surface area (Å²) in [6.07, 6.45) is 0.809. The fourth-order valence-corrected chi connectivity index (χ4v) is 2.77. The molecule has 1 aromatic carbocycles. The van der Waals surface area contributed by atoms with E-state index >= 15 is 0 Å². The number of nitrogens with zero attached hydrogens (tertiary/aromatic N) is 1. The molecule has 1 unspecified atom stereocenters. The molecule has 1 atom stereocenters. The Bertz CT molecular complexity index is 424. The minimum atomic E-state index is -0.0927. The molecule has 0 radical (unpaired) electrons. The lowest BCUT2D eigenvalue weighted by Crippen LogP contribution is -2.56. The standard InChI is InChI=1S/C13H18BrN3O/c1-15-7-6-12-13(18)16-8-9-17(12)11-5-3-2-4-10(11)14/h2-5,12,15H,6-9H2,1H3,(H,16,18). The average Bonchev–Trinajstić information content (AvgIpc) is 2.38. The number of amides is 1. The summed E-state index contributed by atoms with van der Waals surface area (Å²) in [7, 11) is 1.91. The van der Waals surface area contributed by atoms with Gasteiger partial charge < -0.3 is 15.5 Å². The van der Waals surface area contributed by atoms with Gasteiger partial charge in [-0.25, -0.2) is 0 Å². The Morgan fingerprint density at radius 1 is 1.50 bits per heavy atom. The van der Waals surface area contributed by atoms with Crippen molar-refractivity contribution in [3.8, 4) is 0 Å². The van der Waals surface area contributed by atoms with Crippen molar-refractivity contribution in [1.82, 2.24) is 10.6 Å². The predicted octanol–water partition coefficient (Wildman–Crippen LogP) is 1.36. The Balaban J connectivity index is 2.22. The normalized spacial score (nSPS) is 19.8. The number of piperazine rings is 1. The molecule has 0 aliphatic carbocycles. The van der Waals surface area contributed by atoms with E-state index in [0.29, 0.717) is 6.54 Å². The van der Waals surface area contributed by atoms with Crippen LogP contribution >= 0.6 is 15.9 Å². The van der Waals surface area contributed by atoms with E-state index in [2.05, 4.69) is 37.5 Å². The van der Waals surface area contributed by atoms with Crippen molar-refractivity contribution >= 4 is 27.5 Å². The number of carbonyl (C=O) groups is 1. The zero-order chi connectivity index (χ0) is 13.0. The quantitative estimate of drug-likeness (QED) is 0.882. The summed E-state index contributed by atoms with van der Waals surface area (Å²) in [4.78, 5) is 14.2.